The molecule has 1 N–H and O–H groups in total. The molecule has 128 valence electrons. The van der Waals surface area contributed by atoms with Gasteiger partial charge in [0.05, 0.1) is 0 Å². The maximum absolute atomic E-state index is 4.46. The highest BCUT2D eigenvalue weighted by atomic mass is 15.0. The minimum absolute atomic E-state index is 0.173. The third-order valence-electron chi connectivity index (χ3n) is 4.62. The highest BCUT2D eigenvalue weighted by molar-refractivity contribution is 5.69. The van der Waals surface area contributed by atoms with Crippen molar-refractivity contribution in [2.75, 3.05) is 5.32 Å². The minimum atomic E-state index is 0.173. The van der Waals surface area contributed by atoms with Crippen LogP contribution in [0.4, 0.5) is 11.5 Å². The van der Waals surface area contributed by atoms with Crippen LogP contribution in [0, 0.1) is 13.8 Å². The molecule has 2 heteroatoms. The van der Waals surface area contributed by atoms with Gasteiger partial charge in [-0.05, 0) is 71.3 Å². The number of aromatic nitrogens is 1. The van der Waals surface area contributed by atoms with E-state index in [1.54, 1.807) is 0 Å². The first-order chi connectivity index (χ1) is 11.8. The van der Waals surface area contributed by atoms with E-state index >= 15 is 0 Å². The van der Waals surface area contributed by atoms with Crippen molar-refractivity contribution in [1.82, 2.24) is 4.98 Å². The molecule has 0 unspecified atom stereocenters. The predicted octanol–water partition coefficient (Wildman–Crippen LogP) is 6.41. The number of rotatable bonds is 3. The Kier molecular flexibility index (Phi) is 4.63. The minimum Gasteiger partial charge on any atom is -0.340 e. The molecule has 2 nitrogen and oxygen atoms in total. The second-order valence-corrected chi connectivity index (χ2v) is 7.68. The van der Waals surface area contributed by atoms with Crippen LogP contribution in [0.1, 0.15) is 37.5 Å². The predicted molar refractivity (Wildman–Crippen MR) is 108 cm³/mol. The molecular formula is C23H26N2. The number of nitrogens with zero attached hydrogens (tertiary/aromatic N) is 1. The number of anilines is 2. The molecule has 0 amide bonds. The van der Waals surface area contributed by atoms with Crippen molar-refractivity contribution in [1.29, 1.82) is 0 Å². The lowest BCUT2D eigenvalue weighted by molar-refractivity contribution is 0.590. The average molecular weight is 330 g/mol. The van der Waals surface area contributed by atoms with E-state index in [1.165, 1.54) is 27.8 Å². The number of hydrogen-bond donors (Lipinski definition) is 1. The van der Waals surface area contributed by atoms with Crippen molar-refractivity contribution in [3.8, 4) is 11.1 Å². The summed E-state index contributed by atoms with van der Waals surface area (Å²) in [5, 5.41) is 3.41. The SMILES string of the molecule is Cc1ccc(Nc2cc(-c3ccc(C(C)(C)C)cc3)ccn2)cc1C. The summed E-state index contributed by atoms with van der Waals surface area (Å²) in [6.45, 7) is 11.0. The fourth-order valence-electron chi connectivity index (χ4n) is 2.81. The number of aryl methyl sites for hydroxylation is 2. The number of benzene rings is 2. The molecule has 0 saturated heterocycles. The Morgan fingerprint density at radius 3 is 2.12 bits per heavy atom. The van der Waals surface area contributed by atoms with Crippen LogP contribution in [-0.4, -0.2) is 4.98 Å². The number of nitrogens with one attached hydrogen (secondary N) is 1. The van der Waals surface area contributed by atoms with E-state index in [-0.39, 0.29) is 5.41 Å². The summed E-state index contributed by atoms with van der Waals surface area (Å²) < 4.78 is 0. The Morgan fingerprint density at radius 1 is 0.760 bits per heavy atom. The fourth-order valence-corrected chi connectivity index (χ4v) is 2.81. The van der Waals surface area contributed by atoms with Crippen molar-refractivity contribution in [2.24, 2.45) is 0 Å². The van der Waals surface area contributed by atoms with Crippen molar-refractivity contribution < 1.29 is 0 Å². The van der Waals surface area contributed by atoms with E-state index in [9.17, 15) is 0 Å². The van der Waals surface area contributed by atoms with Crippen molar-refractivity contribution >= 4 is 11.5 Å². The third kappa shape index (κ3) is 4.08. The third-order valence-corrected chi connectivity index (χ3v) is 4.62. The van der Waals surface area contributed by atoms with Gasteiger partial charge >= 0.3 is 0 Å². The second-order valence-electron chi connectivity index (χ2n) is 7.68. The van der Waals surface area contributed by atoms with E-state index < -0.39 is 0 Å². The number of hydrogen-bond acceptors (Lipinski definition) is 2. The summed E-state index contributed by atoms with van der Waals surface area (Å²) in [5.74, 6) is 0.862. The first kappa shape index (κ1) is 17.2. The molecule has 0 spiro atoms. The Bertz CT molecular complexity index is 871. The highest BCUT2D eigenvalue weighted by Crippen LogP contribution is 2.27. The first-order valence-electron chi connectivity index (χ1n) is 8.74. The van der Waals surface area contributed by atoms with Gasteiger partial charge in [-0.2, -0.15) is 0 Å². The normalized spacial score (nSPS) is 11.4. The molecule has 0 fully saturated rings. The Hall–Kier alpha value is -2.61. The molecule has 0 saturated carbocycles. The summed E-state index contributed by atoms with van der Waals surface area (Å²) in [7, 11) is 0. The fraction of sp³-hybridized carbons (Fsp3) is 0.261. The maximum atomic E-state index is 4.46. The van der Waals surface area contributed by atoms with Gasteiger partial charge in [0.15, 0.2) is 0 Å². The van der Waals surface area contributed by atoms with Gasteiger partial charge < -0.3 is 5.32 Å². The van der Waals surface area contributed by atoms with E-state index in [1.807, 2.05) is 6.20 Å². The number of pyridine rings is 1. The first-order valence-corrected chi connectivity index (χ1v) is 8.74. The zero-order chi connectivity index (χ0) is 18.0. The Labute approximate surface area is 151 Å². The monoisotopic (exact) mass is 330 g/mol. The lowest BCUT2D eigenvalue weighted by Gasteiger charge is -2.19. The van der Waals surface area contributed by atoms with Gasteiger partial charge in [0.1, 0.15) is 5.82 Å². The van der Waals surface area contributed by atoms with Gasteiger partial charge in [-0.15, -0.1) is 0 Å². The van der Waals surface area contributed by atoms with Crippen LogP contribution in [0.15, 0.2) is 60.8 Å². The summed E-state index contributed by atoms with van der Waals surface area (Å²) in [4.78, 5) is 4.46. The highest BCUT2D eigenvalue weighted by Gasteiger charge is 2.13. The maximum Gasteiger partial charge on any atom is 0.130 e. The molecule has 25 heavy (non-hydrogen) atoms. The summed E-state index contributed by atoms with van der Waals surface area (Å²) >= 11 is 0. The van der Waals surface area contributed by atoms with Gasteiger partial charge in [-0.25, -0.2) is 4.98 Å². The van der Waals surface area contributed by atoms with Crippen LogP contribution in [-0.2, 0) is 5.41 Å². The molecule has 1 aromatic heterocycles. The van der Waals surface area contributed by atoms with Crippen molar-refractivity contribution in [3.63, 3.8) is 0 Å². The average Bonchev–Trinajstić information content (AvgIpc) is 2.58. The molecule has 0 bridgehead atoms. The molecule has 0 aliphatic rings. The van der Waals surface area contributed by atoms with Gasteiger partial charge in [0.2, 0.25) is 0 Å². The van der Waals surface area contributed by atoms with Gasteiger partial charge in [0.25, 0.3) is 0 Å². The zero-order valence-corrected chi connectivity index (χ0v) is 15.7. The zero-order valence-electron chi connectivity index (χ0n) is 15.7. The van der Waals surface area contributed by atoms with E-state index in [2.05, 4.69) is 99.5 Å². The lowest BCUT2D eigenvalue weighted by Crippen LogP contribution is -2.10. The summed E-state index contributed by atoms with van der Waals surface area (Å²) in [6.07, 6.45) is 1.86. The largest absolute Gasteiger partial charge is 0.340 e. The quantitative estimate of drug-likeness (QED) is 0.600. The van der Waals surface area contributed by atoms with Crippen LogP contribution in [0.3, 0.4) is 0 Å². The van der Waals surface area contributed by atoms with Crippen LogP contribution < -0.4 is 5.32 Å². The molecule has 2 aromatic carbocycles. The molecule has 3 rings (SSSR count). The molecule has 3 aromatic rings. The molecule has 0 radical (unpaired) electrons. The Morgan fingerprint density at radius 2 is 1.48 bits per heavy atom. The van der Waals surface area contributed by atoms with Crippen molar-refractivity contribution in [3.05, 3.63) is 77.5 Å². The molecule has 0 aliphatic carbocycles. The molecule has 0 aliphatic heterocycles. The standard InChI is InChI=1S/C23H26N2/c1-16-6-11-21(14-17(16)2)25-22-15-19(12-13-24-22)18-7-9-20(10-8-18)23(3,4)5/h6-15H,1-5H3,(H,24,25). The van der Waals surface area contributed by atoms with E-state index in [0.717, 1.165) is 11.5 Å². The van der Waals surface area contributed by atoms with Crippen LogP contribution in [0.5, 0.6) is 0 Å². The van der Waals surface area contributed by atoms with E-state index in [0.29, 0.717) is 0 Å². The van der Waals surface area contributed by atoms with Crippen LogP contribution in [0.25, 0.3) is 11.1 Å². The summed E-state index contributed by atoms with van der Waals surface area (Å²) in [5.41, 5.74) is 7.53. The van der Waals surface area contributed by atoms with Gasteiger partial charge in [-0.1, -0.05) is 51.1 Å². The molecular weight excluding hydrogens is 304 g/mol. The van der Waals surface area contributed by atoms with Gasteiger partial charge in [0, 0.05) is 11.9 Å². The molecule has 0 atom stereocenters. The van der Waals surface area contributed by atoms with Crippen molar-refractivity contribution in [2.45, 2.75) is 40.0 Å². The van der Waals surface area contributed by atoms with Crippen LogP contribution in [0.2, 0.25) is 0 Å². The topological polar surface area (TPSA) is 24.9 Å². The van der Waals surface area contributed by atoms with Crippen LogP contribution >= 0.6 is 0 Å². The Balaban J connectivity index is 1.85. The second kappa shape index (κ2) is 6.72. The van der Waals surface area contributed by atoms with E-state index in [4.69, 9.17) is 0 Å². The molecule has 1 heterocycles. The smallest absolute Gasteiger partial charge is 0.130 e. The summed E-state index contributed by atoms with van der Waals surface area (Å²) in [6, 6.07) is 19.3. The lowest BCUT2D eigenvalue weighted by atomic mass is 9.86. The van der Waals surface area contributed by atoms with Gasteiger partial charge in [-0.3, -0.25) is 0 Å².